The molecule has 1 N–H and O–H groups in total. The van der Waals surface area contributed by atoms with Gasteiger partial charge in [-0.15, -0.1) is 11.8 Å². The first-order valence-electron chi connectivity index (χ1n) is 4.11. The van der Waals surface area contributed by atoms with Gasteiger partial charge in [0.25, 0.3) is 0 Å². The number of hydrogen-bond acceptors (Lipinski definition) is 3. The molecule has 0 aliphatic carbocycles. The fourth-order valence-corrected chi connectivity index (χ4v) is 1.70. The smallest absolute Gasteiger partial charge is 0.330 e. The predicted molar refractivity (Wildman–Crippen MR) is 55.3 cm³/mol. The van der Waals surface area contributed by atoms with Crippen molar-refractivity contribution in [1.82, 2.24) is 9.78 Å². The summed E-state index contributed by atoms with van der Waals surface area (Å²) in [5.41, 5.74) is 0.376. The van der Waals surface area contributed by atoms with Crippen molar-refractivity contribution in [3.05, 3.63) is 24.0 Å². The molecule has 5 heteroatoms. The van der Waals surface area contributed by atoms with E-state index in [1.165, 1.54) is 0 Å². The maximum atomic E-state index is 10.5. The molecule has 1 rings (SSSR count). The normalized spacial score (nSPS) is 11.7. The molecule has 0 unspecified atom stereocenters. The van der Waals surface area contributed by atoms with Crippen LogP contribution in [0.25, 0.3) is 0 Å². The summed E-state index contributed by atoms with van der Waals surface area (Å²) >= 11 is 1.56. The van der Waals surface area contributed by atoms with Gasteiger partial charge < -0.3 is 5.11 Å². The Bertz CT molecular complexity index is 357. The summed E-state index contributed by atoms with van der Waals surface area (Å²) in [5.74, 6) is -0.208. The van der Waals surface area contributed by atoms with Crippen LogP contribution in [0.4, 0.5) is 0 Å². The summed E-state index contributed by atoms with van der Waals surface area (Å²) in [6.45, 7) is 1.59. The minimum Gasteiger partial charge on any atom is -0.478 e. The standard InChI is InChI=1S/C9H12N2O2S/c1-7(9(12)13)3-4-14-8-5-10-11(2)6-8/h3,5-6H,4H2,1-2H3,(H,12,13). The monoisotopic (exact) mass is 212 g/mol. The first-order valence-corrected chi connectivity index (χ1v) is 5.09. The van der Waals surface area contributed by atoms with E-state index in [4.69, 9.17) is 5.11 Å². The first-order chi connectivity index (χ1) is 6.59. The van der Waals surface area contributed by atoms with Crippen LogP contribution in [0, 0.1) is 0 Å². The third kappa shape index (κ3) is 3.26. The average Bonchev–Trinajstić information content (AvgIpc) is 2.51. The van der Waals surface area contributed by atoms with E-state index in [1.54, 1.807) is 35.6 Å². The Kier molecular flexibility index (Phi) is 3.76. The molecule has 0 amide bonds. The zero-order valence-corrected chi connectivity index (χ0v) is 8.91. The summed E-state index contributed by atoms with van der Waals surface area (Å²) in [5, 5.41) is 12.6. The second-order valence-corrected chi connectivity index (χ2v) is 3.95. The number of aryl methyl sites for hydroxylation is 1. The Hall–Kier alpha value is -1.23. The highest BCUT2D eigenvalue weighted by atomic mass is 32.2. The molecule has 1 aromatic rings. The average molecular weight is 212 g/mol. The van der Waals surface area contributed by atoms with Crippen LogP contribution in [0.3, 0.4) is 0 Å². The van der Waals surface area contributed by atoms with Crippen molar-refractivity contribution in [3.8, 4) is 0 Å². The molecule has 0 saturated heterocycles. The van der Waals surface area contributed by atoms with E-state index in [2.05, 4.69) is 5.10 Å². The van der Waals surface area contributed by atoms with Crippen LogP contribution in [-0.4, -0.2) is 26.6 Å². The quantitative estimate of drug-likeness (QED) is 0.607. The van der Waals surface area contributed by atoms with E-state index in [1.807, 2.05) is 13.2 Å². The minimum atomic E-state index is -0.864. The van der Waals surface area contributed by atoms with Crippen LogP contribution in [0.2, 0.25) is 0 Å². The molecule has 14 heavy (non-hydrogen) atoms. The van der Waals surface area contributed by atoms with Gasteiger partial charge in [0.15, 0.2) is 0 Å². The van der Waals surface area contributed by atoms with Gasteiger partial charge in [-0.05, 0) is 6.92 Å². The van der Waals surface area contributed by atoms with E-state index in [0.29, 0.717) is 11.3 Å². The van der Waals surface area contributed by atoms with Crippen molar-refractivity contribution in [2.75, 3.05) is 5.75 Å². The highest BCUT2D eigenvalue weighted by molar-refractivity contribution is 7.99. The predicted octanol–water partition coefficient (Wildman–Crippen LogP) is 1.54. The molecular weight excluding hydrogens is 200 g/mol. The van der Waals surface area contributed by atoms with E-state index in [9.17, 15) is 4.79 Å². The fourth-order valence-electron chi connectivity index (χ4n) is 0.824. The van der Waals surface area contributed by atoms with Crippen molar-refractivity contribution in [3.63, 3.8) is 0 Å². The zero-order valence-electron chi connectivity index (χ0n) is 8.10. The highest BCUT2D eigenvalue weighted by Crippen LogP contribution is 2.16. The maximum Gasteiger partial charge on any atom is 0.330 e. The number of carbonyl (C=O) groups is 1. The van der Waals surface area contributed by atoms with Gasteiger partial charge in [-0.1, -0.05) is 6.08 Å². The summed E-state index contributed by atoms with van der Waals surface area (Å²) < 4.78 is 1.72. The van der Waals surface area contributed by atoms with E-state index in [-0.39, 0.29) is 0 Å². The summed E-state index contributed by atoms with van der Waals surface area (Å²) in [6.07, 6.45) is 5.35. The Balaban J connectivity index is 2.42. The van der Waals surface area contributed by atoms with Gasteiger partial charge in [-0.3, -0.25) is 4.68 Å². The van der Waals surface area contributed by atoms with Gasteiger partial charge in [0.2, 0.25) is 0 Å². The zero-order chi connectivity index (χ0) is 10.6. The van der Waals surface area contributed by atoms with E-state index < -0.39 is 5.97 Å². The second kappa shape index (κ2) is 4.85. The molecule has 0 aromatic carbocycles. The topological polar surface area (TPSA) is 55.1 Å². The molecule has 0 bridgehead atoms. The lowest BCUT2D eigenvalue weighted by molar-refractivity contribution is -0.132. The number of nitrogens with zero attached hydrogens (tertiary/aromatic N) is 2. The highest BCUT2D eigenvalue weighted by Gasteiger charge is 1.99. The fraction of sp³-hybridized carbons (Fsp3) is 0.333. The molecule has 0 fully saturated rings. The minimum absolute atomic E-state index is 0.376. The van der Waals surface area contributed by atoms with Crippen LogP contribution in [-0.2, 0) is 11.8 Å². The van der Waals surface area contributed by atoms with Crippen LogP contribution in [0.5, 0.6) is 0 Å². The molecule has 0 radical (unpaired) electrons. The molecule has 76 valence electrons. The number of aliphatic carboxylic acids is 1. The summed E-state index contributed by atoms with van der Waals surface area (Å²) in [6, 6.07) is 0. The number of rotatable bonds is 4. The third-order valence-electron chi connectivity index (χ3n) is 1.66. The van der Waals surface area contributed by atoms with Crippen molar-refractivity contribution in [1.29, 1.82) is 0 Å². The van der Waals surface area contributed by atoms with Gasteiger partial charge in [-0.25, -0.2) is 4.79 Å². The van der Waals surface area contributed by atoms with Crippen LogP contribution >= 0.6 is 11.8 Å². The largest absolute Gasteiger partial charge is 0.478 e. The summed E-state index contributed by atoms with van der Waals surface area (Å²) in [7, 11) is 1.85. The molecule has 0 aliphatic rings. The maximum absolute atomic E-state index is 10.5. The molecule has 0 aliphatic heterocycles. The van der Waals surface area contributed by atoms with Gasteiger partial charge >= 0.3 is 5.97 Å². The van der Waals surface area contributed by atoms with Crippen LogP contribution in [0.15, 0.2) is 28.9 Å². The number of thioether (sulfide) groups is 1. The molecule has 1 heterocycles. The van der Waals surface area contributed by atoms with E-state index >= 15 is 0 Å². The lowest BCUT2D eigenvalue weighted by Crippen LogP contribution is -1.96. The summed E-state index contributed by atoms with van der Waals surface area (Å²) in [4.78, 5) is 11.5. The molecular formula is C9H12N2O2S. The van der Waals surface area contributed by atoms with Crippen molar-refractivity contribution >= 4 is 17.7 Å². The number of carboxylic acids is 1. The molecule has 4 nitrogen and oxygen atoms in total. The van der Waals surface area contributed by atoms with Gasteiger partial charge in [0, 0.05) is 29.5 Å². The Morgan fingerprint density at radius 3 is 3.00 bits per heavy atom. The lowest BCUT2D eigenvalue weighted by atomic mass is 10.3. The lowest BCUT2D eigenvalue weighted by Gasteiger charge is -1.93. The van der Waals surface area contributed by atoms with Crippen molar-refractivity contribution < 1.29 is 9.90 Å². The second-order valence-electron chi connectivity index (χ2n) is 2.85. The van der Waals surface area contributed by atoms with Gasteiger partial charge in [0.05, 0.1) is 6.20 Å². The Morgan fingerprint density at radius 2 is 2.50 bits per heavy atom. The van der Waals surface area contributed by atoms with Crippen molar-refractivity contribution in [2.45, 2.75) is 11.8 Å². The molecule has 0 atom stereocenters. The first kappa shape index (κ1) is 10.8. The molecule has 1 aromatic heterocycles. The SMILES string of the molecule is CC(=CCSc1cnn(C)c1)C(=O)O. The van der Waals surface area contributed by atoms with Crippen LogP contribution < -0.4 is 0 Å². The van der Waals surface area contributed by atoms with Crippen LogP contribution in [0.1, 0.15) is 6.92 Å². The number of aromatic nitrogens is 2. The molecule has 0 spiro atoms. The Labute approximate surface area is 86.6 Å². The molecule has 0 saturated carbocycles. The van der Waals surface area contributed by atoms with Gasteiger partial charge in [-0.2, -0.15) is 5.10 Å². The van der Waals surface area contributed by atoms with Crippen molar-refractivity contribution in [2.24, 2.45) is 7.05 Å². The van der Waals surface area contributed by atoms with E-state index in [0.717, 1.165) is 4.90 Å². The Morgan fingerprint density at radius 1 is 1.79 bits per heavy atom. The van der Waals surface area contributed by atoms with Gasteiger partial charge in [0.1, 0.15) is 0 Å². The third-order valence-corrected chi connectivity index (χ3v) is 2.54. The number of hydrogen-bond donors (Lipinski definition) is 1. The number of carboxylic acid groups (broad SMARTS) is 1.